The number of rotatable bonds is 0. The smallest absolute Gasteiger partial charge is 0.0360 e. The minimum absolute atomic E-state index is 1.00. The van der Waals surface area contributed by atoms with Crippen molar-refractivity contribution in [3.63, 3.8) is 0 Å². The third kappa shape index (κ3) is 4.50. The van der Waals surface area contributed by atoms with E-state index in [9.17, 15) is 0 Å². The Balaban J connectivity index is 0.000000141. The predicted molar refractivity (Wildman–Crippen MR) is 85.2 cm³/mol. The fraction of sp³-hybridized carbons (Fsp3) is 1.00. The molecular weight excluding hydrogens is 228 g/mol. The van der Waals surface area contributed by atoms with Crippen LogP contribution in [-0.2, 0) is 0 Å². The molecular formula is C19H36. The third-order valence-electron chi connectivity index (χ3n) is 6.27. The molecule has 3 rings (SSSR count). The van der Waals surface area contributed by atoms with Crippen LogP contribution in [0.15, 0.2) is 0 Å². The second-order valence-electron chi connectivity index (χ2n) is 8.26. The van der Waals surface area contributed by atoms with Gasteiger partial charge in [0.1, 0.15) is 0 Å². The highest BCUT2D eigenvalue weighted by Gasteiger charge is 2.41. The van der Waals surface area contributed by atoms with Crippen molar-refractivity contribution in [3.8, 4) is 0 Å². The van der Waals surface area contributed by atoms with Gasteiger partial charge in [-0.3, -0.25) is 0 Å². The van der Waals surface area contributed by atoms with E-state index in [0.29, 0.717) is 0 Å². The summed E-state index contributed by atoms with van der Waals surface area (Å²) >= 11 is 0. The van der Waals surface area contributed by atoms with Gasteiger partial charge in [0.05, 0.1) is 0 Å². The van der Waals surface area contributed by atoms with E-state index in [-0.39, 0.29) is 0 Å². The minimum Gasteiger partial charge on any atom is -0.0625 e. The maximum absolute atomic E-state index is 2.43. The van der Waals surface area contributed by atoms with Gasteiger partial charge in [0.15, 0.2) is 0 Å². The Morgan fingerprint density at radius 3 is 1.37 bits per heavy atom. The minimum atomic E-state index is 1.00. The molecule has 0 spiro atoms. The number of hydrogen-bond acceptors (Lipinski definition) is 0. The van der Waals surface area contributed by atoms with Crippen LogP contribution in [0.25, 0.3) is 0 Å². The topological polar surface area (TPSA) is 0 Å². The average molecular weight is 264 g/mol. The summed E-state index contributed by atoms with van der Waals surface area (Å²) in [5.41, 5.74) is 0. The van der Waals surface area contributed by atoms with Gasteiger partial charge in [0, 0.05) is 0 Å². The van der Waals surface area contributed by atoms with Gasteiger partial charge in [-0.05, 0) is 54.8 Å². The Bertz CT molecular complexity index is 233. The van der Waals surface area contributed by atoms with Crippen molar-refractivity contribution in [2.45, 2.75) is 85.5 Å². The van der Waals surface area contributed by atoms with E-state index in [2.05, 4.69) is 27.7 Å². The molecule has 4 atom stereocenters. The Morgan fingerprint density at radius 2 is 1.05 bits per heavy atom. The van der Waals surface area contributed by atoms with E-state index in [4.69, 9.17) is 0 Å². The van der Waals surface area contributed by atoms with Gasteiger partial charge < -0.3 is 0 Å². The summed E-state index contributed by atoms with van der Waals surface area (Å²) < 4.78 is 0. The van der Waals surface area contributed by atoms with Gasteiger partial charge in [0.25, 0.3) is 0 Å². The third-order valence-corrected chi connectivity index (χ3v) is 6.27. The largest absolute Gasteiger partial charge is 0.0625 e. The Kier molecular flexibility index (Phi) is 5.78. The monoisotopic (exact) mass is 264 g/mol. The van der Waals surface area contributed by atoms with E-state index < -0.39 is 0 Å². The molecule has 0 radical (unpaired) electrons. The first-order valence-corrected chi connectivity index (χ1v) is 9.06. The summed E-state index contributed by atoms with van der Waals surface area (Å²) in [6, 6.07) is 0. The zero-order chi connectivity index (χ0) is 13.8. The van der Waals surface area contributed by atoms with Gasteiger partial charge in [0.2, 0.25) is 0 Å². The molecule has 0 nitrogen and oxygen atoms in total. The number of hydrogen-bond donors (Lipinski definition) is 0. The second-order valence-corrected chi connectivity index (χ2v) is 8.26. The normalized spacial score (nSPS) is 46.1. The van der Waals surface area contributed by atoms with Crippen LogP contribution in [0.5, 0.6) is 0 Å². The first-order chi connectivity index (χ1) is 9.06. The fourth-order valence-corrected chi connectivity index (χ4v) is 4.94. The molecule has 0 aromatic rings. The molecule has 3 saturated carbocycles. The lowest BCUT2D eigenvalue weighted by Crippen LogP contribution is -2.14. The average Bonchev–Trinajstić information content (AvgIpc) is 2.88. The van der Waals surface area contributed by atoms with Crippen LogP contribution in [-0.4, -0.2) is 0 Å². The van der Waals surface area contributed by atoms with Crippen molar-refractivity contribution >= 4 is 0 Å². The van der Waals surface area contributed by atoms with Crippen LogP contribution in [0.1, 0.15) is 85.5 Å². The van der Waals surface area contributed by atoms with Crippen LogP contribution in [0, 0.1) is 35.5 Å². The zero-order valence-electron chi connectivity index (χ0n) is 13.8. The molecule has 112 valence electrons. The SMILES string of the molecule is CC1CC2CC(C)C1C2.CC1CCCCC(C)CC1. The maximum Gasteiger partial charge on any atom is -0.0360 e. The lowest BCUT2D eigenvalue weighted by atomic mass is 9.83. The van der Waals surface area contributed by atoms with Crippen molar-refractivity contribution in [3.05, 3.63) is 0 Å². The Labute approximate surface area is 121 Å². The summed E-state index contributed by atoms with van der Waals surface area (Å²) in [7, 11) is 0. The molecule has 0 heterocycles. The van der Waals surface area contributed by atoms with Gasteiger partial charge in [-0.25, -0.2) is 0 Å². The summed E-state index contributed by atoms with van der Waals surface area (Å²) in [5, 5.41) is 0. The van der Waals surface area contributed by atoms with Gasteiger partial charge in [-0.15, -0.1) is 0 Å². The molecule has 0 aromatic carbocycles. The Hall–Kier alpha value is 0. The van der Waals surface area contributed by atoms with Crippen LogP contribution >= 0.6 is 0 Å². The highest BCUT2D eigenvalue weighted by atomic mass is 14.5. The summed E-state index contributed by atoms with van der Waals surface area (Å²) in [5.74, 6) is 6.35. The van der Waals surface area contributed by atoms with Crippen molar-refractivity contribution in [2.24, 2.45) is 35.5 Å². The maximum atomic E-state index is 2.43. The van der Waals surface area contributed by atoms with Crippen molar-refractivity contribution in [1.82, 2.24) is 0 Å². The lowest BCUT2D eigenvalue weighted by molar-refractivity contribution is 0.272. The van der Waals surface area contributed by atoms with E-state index in [0.717, 1.165) is 35.5 Å². The predicted octanol–water partition coefficient (Wildman–Crippen LogP) is 6.30. The molecule has 19 heavy (non-hydrogen) atoms. The van der Waals surface area contributed by atoms with Gasteiger partial charge in [-0.1, -0.05) is 66.2 Å². The van der Waals surface area contributed by atoms with Crippen LogP contribution in [0.4, 0.5) is 0 Å². The van der Waals surface area contributed by atoms with Gasteiger partial charge in [-0.2, -0.15) is 0 Å². The Morgan fingerprint density at radius 1 is 0.579 bits per heavy atom. The highest BCUT2D eigenvalue weighted by molar-refractivity contribution is 4.91. The lowest BCUT2D eigenvalue weighted by Gasteiger charge is -2.23. The summed E-state index contributed by atoms with van der Waals surface area (Å²) in [6.45, 7) is 9.66. The molecule has 4 unspecified atom stereocenters. The standard InChI is InChI=1S/C10H20.C9H16/c1-9-5-3-4-6-10(2)8-7-9;1-6-3-8-4-7(2)9(6)5-8/h9-10H,3-8H2,1-2H3;6-9H,3-5H2,1-2H3. The van der Waals surface area contributed by atoms with Crippen LogP contribution in [0.2, 0.25) is 0 Å². The molecule has 0 saturated heterocycles. The number of fused-ring (bicyclic) bond motifs is 2. The molecule has 0 aliphatic heterocycles. The first kappa shape index (κ1) is 15.4. The van der Waals surface area contributed by atoms with E-state index >= 15 is 0 Å². The molecule has 0 heteroatoms. The van der Waals surface area contributed by atoms with Gasteiger partial charge >= 0.3 is 0 Å². The fourth-order valence-electron chi connectivity index (χ4n) is 4.94. The van der Waals surface area contributed by atoms with Crippen molar-refractivity contribution < 1.29 is 0 Å². The summed E-state index contributed by atoms with van der Waals surface area (Å²) in [6.07, 6.45) is 13.5. The molecule has 0 aromatic heterocycles. The first-order valence-electron chi connectivity index (χ1n) is 9.06. The quantitative estimate of drug-likeness (QED) is 0.481. The van der Waals surface area contributed by atoms with E-state index in [1.807, 2.05) is 0 Å². The zero-order valence-corrected chi connectivity index (χ0v) is 13.8. The molecule has 3 aliphatic rings. The van der Waals surface area contributed by atoms with E-state index in [1.54, 1.807) is 6.42 Å². The van der Waals surface area contributed by atoms with Crippen molar-refractivity contribution in [1.29, 1.82) is 0 Å². The summed E-state index contributed by atoms with van der Waals surface area (Å²) in [4.78, 5) is 0. The van der Waals surface area contributed by atoms with Crippen LogP contribution in [0.3, 0.4) is 0 Å². The molecule has 0 N–H and O–H groups in total. The molecule has 0 amide bonds. The molecule has 3 aliphatic carbocycles. The molecule has 3 fully saturated rings. The molecule has 2 bridgehead atoms. The van der Waals surface area contributed by atoms with Crippen LogP contribution < -0.4 is 0 Å². The highest BCUT2D eigenvalue weighted by Crippen LogP contribution is 2.51. The van der Waals surface area contributed by atoms with E-state index in [1.165, 1.54) is 51.4 Å². The second kappa shape index (κ2) is 7.14. The van der Waals surface area contributed by atoms with Crippen molar-refractivity contribution in [2.75, 3.05) is 0 Å².